The van der Waals surface area contributed by atoms with Gasteiger partial charge in [-0.2, -0.15) is 0 Å². The number of benzene rings is 4. The van der Waals surface area contributed by atoms with E-state index in [9.17, 15) is 14.0 Å². The molecule has 220 valence electrons. The van der Waals surface area contributed by atoms with E-state index in [-0.39, 0.29) is 50.2 Å². The molecule has 4 aromatic rings. The minimum absolute atomic E-state index is 0. The predicted octanol–water partition coefficient (Wildman–Crippen LogP) is 8.09. The van der Waals surface area contributed by atoms with Crippen molar-refractivity contribution >= 4 is 64.7 Å². The van der Waals surface area contributed by atoms with Gasteiger partial charge in [0.05, 0.1) is 22.3 Å². The molecule has 0 aliphatic carbocycles. The average Bonchev–Trinajstić information content (AvgIpc) is 2.96. The van der Waals surface area contributed by atoms with Crippen molar-refractivity contribution in [3.05, 3.63) is 123 Å². The zero-order chi connectivity index (χ0) is 29.4. The lowest BCUT2D eigenvalue weighted by molar-refractivity contribution is -0.125. The third-order valence-corrected chi connectivity index (χ3v) is 7.17. The summed E-state index contributed by atoms with van der Waals surface area (Å²) < 4.78 is 20.1. The maximum atomic E-state index is 13.9. The number of nitrogens with two attached hydrogens (primary N) is 1. The van der Waals surface area contributed by atoms with E-state index in [0.717, 1.165) is 5.56 Å². The quantitative estimate of drug-likeness (QED) is 0.172. The standard InChI is InChI=1S/C31H27Cl3FN3O3.ClH/c32-23-9-11-28(29(16-23)41-24-6-3-4-20(14-24)17-36)38(19-21-8-10-25(33)26(34)15-21)31(40)13-12-30(39)37-18-22-5-1-2-7-27(22)35;/h1-11,14-16H,12-13,17-19,36H2,(H,37,39);1H. The molecular weight excluding hydrogens is 623 g/mol. The molecule has 3 N–H and O–H groups in total. The highest BCUT2D eigenvalue weighted by Gasteiger charge is 2.22. The van der Waals surface area contributed by atoms with Gasteiger partial charge in [-0.05, 0) is 53.6 Å². The third-order valence-electron chi connectivity index (χ3n) is 6.20. The van der Waals surface area contributed by atoms with Crippen LogP contribution in [0.1, 0.15) is 29.5 Å². The van der Waals surface area contributed by atoms with Gasteiger partial charge < -0.3 is 20.7 Å². The van der Waals surface area contributed by atoms with E-state index in [1.807, 2.05) is 12.1 Å². The molecule has 0 aromatic heterocycles. The molecule has 0 aliphatic rings. The number of carbonyl (C=O) groups excluding carboxylic acids is 2. The lowest BCUT2D eigenvalue weighted by atomic mass is 10.1. The van der Waals surface area contributed by atoms with E-state index in [2.05, 4.69) is 5.32 Å². The Morgan fingerprint density at radius 2 is 1.64 bits per heavy atom. The maximum Gasteiger partial charge on any atom is 0.227 e. The molecule has 0 heterocycles. The second-order valence-electron chi connectivity index (χ2n) is 9.16. The van der Waals surface area contributed by atoms with Crippen molar-refractivity contribution in [2.24, 2.45) is 5.73 Å². The number of hydrogen-bond acceptors (Lipinski definition) is 4. The molecule has 0 bridgehead atoms. The number of ether oxygens (including phenoxy) is 1. The van der Waals surface area contributed by atoms with Crippen molar-refractivity contribution in [3.63, 3.8) is 0 Å². The summed E-state index contributed by atoms with van der Waals surface area (Å²) in [4.78, 5) is 27.7. The smallest absolute Gasteiger partial charge is 0.227 e. The summed E-state index contributed by atoms with van der Waals surface area (Å²) in [5.41, 5.74) is 8.16. The van der Waals surface area contributed by atoms with Gasteiger partial charge in [-0.25, -0.2) is 4.39 Å². The van der Waals surface area contributed by atoms with E-state index >= 15 is 0 Å². The van der Waals surface area contributed by atoms with Crippen LogP contribution < -0.4 is 20.7 Å². The van der Waals surface area contributed by atoms with E-state index in [4.69, 9.17) is 45.3 Å². The summed E-state index contributed by atoms with van der Waals surface area (Å²) in [6.07, 6.45) is -0.220. The van der Waals surface area contributed by atoms with Gasteiger partial charge in [0.15, 0.2) is 5.75 Å². The van der Waals surface area contributed by atoms with Crippen LogP contribution in [0.4, 0.5) is 10.1 Å². The van der Waals surface area contributed by atoms with E-state index < -0.39 is 5.82 Å². The van der Waals surface area contributed by atoms with Crippen LogP contribution in [0.2, 0.25) is 15.1 Å². The number of nitrogens with zero attached hydrogens (tertiary/aromatic N) is 1. The van der Waals surface area contributed by atoms with Gasteiger partial charge in [0.2, 0.25) is 11.8 Å². The Labute approximate surface area is 264 Å². The lowest BCUT2D eigenvalue weighted by Gasteiger charge is -2.26. The van der Waals surface area contributed by atoms with Crippen molar-refractivity contribution in [1.29, 1.82) is 0 Å². The van der Waals surface area contributed by atoms with Crippen LogP contribution in [0, 0.1) is 5.82 Å². The Bertz CT molecular complexity index is 1550. The van der Waals surface area contributed by atoms with Crippen LogP contribution in [-0.4, -0.2) is 11.8 Å². The van der Waals surface area contributed by atoms with Crippen LogP contribution in [0.25, 0.3) is 0 Å². The van der Waals surface area contributed by atoms with E-state index in [1.165, 1.54) is 11.0 Å². The van der Waals surface area contributed by atoms with Gasteiger partial charge >= 0.3 is 0 Å². The first-order valence-corrected chi connectivity index (χ1v) is 13.9. The van der Waals surface area contributed by atoms with Crippen LogP contribution in [0.5, 0.6) is 11.5 Å². The molecule has 0 spiro atoms. The molecule has 6 nitrogen and oxygen atoms in total. The highest BCUT2D eigenvalue weighted by Crippen LogP contribution is 2.37. The average molecular weight is 651 g/mol. The maximum absolute atomic E-state index is 13.9. The van der Waals surface area contributed by atoms with Crippen LogP contribution in [0.3, 0.4) is 0 Å². The fraction of sp³-hybridized carbons (Fsp3) is 0.161. The SMILES string of the molecule is Cl.NCc1cccc(Oc2cc(Cl)ccc2N(Cc2ccc(Cl)c(Cl)c2)C(=O)CCC(=O)NCc2ccccc2F)c1. The summed E-state index contributed by atoms with van der Waals surface area (Å²) in [7, 11) is 0. The first-order chi connectivity index (χ1) is 19.7. The van der Waals surface area contributed by atoms with Crippen LogP contribution in [0.15, 0.2) is 84.9 Å². The van der Waals surface area contributed by atoms with Gasteiger partial charge in [-0.3, -0.25) is 9.59 Å². The van der Waals surface area contributed by atoms with Crippen molar-refractivity contribution in [1.82, 2.24) is 5.32 Å². The summed E-state index contributed by atoms with van der Waals surface area (Å²) in [5, 5.41) is 3.80. The molecule has 4 aromatic carbocycles. The fourth-order valence-electron chi connectivity index (χ4n) is 4.06. The van der Waals surface area contributed by atoms with Gasteiger partial charge in [0.25, 0.3) is 0 Å². The molecule has 0 saturated carbocycles. The Morgan fingerprint density at radius 3 is 2.38 bits per heavy atom. The summed E-state index contributed by atoms with van der Waals surface area (Å²) in [6, 6.07) is 23.5. The van der Waals surface area contributed by atoms with Gasteiger partial charge in [-0.15, -0.1) is 12.4 Å². The summed E-state index contributed by atoms with van der Waals surface area (Å²) in [6.45, 7) is 0.470. The predicted molar refractivity (Wildman–Crippen MR) is 168 cm³/mol. The van der Waals surface area contributed by atoms with Crippen molar-refractivity contribution in [3.8, 4) is 11.5 Å². The zero-order valence-corrected chi connectivity index (χ0v) is 25.4. The molecule has 0 aliphatic heterocycles. The van der Waals surface area contributed by atoms with Crippen molar-refractivity contribution in [2.75, 3.05) is 4.90 Å². The molecule has 0 fully saturated rings. The van der Waals surface area contributed by atoms with Crippen molar-refractivity contribution in [2.45, 2.75) is 32.5 Å². The fourth-order valence-corrected chi connectivity index (χ4v) is 4.55. The van der Waals surface area contributed by atoms with E-state index in [1.54, 1.807) is 66.7 Å². The number of nitrogens with one attached hydrogen (secondary N) is 1. The molecule has 11 heteroatoms. The Hall–Kier alpha value is -3.33. The molecule has 0 saturated heterocycles. The summed E-state index contributed by atoms with van der Waals surface area (Å²) in [5.74, 6) is -0.291. The van der Waals surface area contributed by atoms with Crippen LogP contribution in [-0.2, 0) is 29.2 Å². The number of carbonyl (C=O) groups is 2. The van der Waals surface area contributed by atoms with Gasteiger partial charge in [0.1, 0.15) is 11.6 Å². The minimum Gasteiger partial charge on any atom is -0.455 e. The van der Waals surface area contributed by atoms with E-state index in [0.29, 0.717) is 49.9 Å². The molecule has 2 amide bonds. The van der Waals surface area contributed by atoms with Gasteiger partial charge in [0, 0.05) is 42.6 Å². The third kappa shape index (κ3) is 9.08. The molecule has 0 radical (unpaired) electrons. The first kappa shape index (κ1) is 33.2. The lowest BCUT2D eigenvalue weighted by Crippen LogP contribution is -2.32. The number of anilines is 1. The molecule has 42 heavy (non-hydrogen) atoms. The molecule has 0 atom stereocenters. The second-order valence-corrected chi connectivity index (χ2v) is 10.4. The normalized spacial score (nSPS) is 10.5. The highest BCUT2D eigenvalue weighted by atomic mass is 35.5. The Morgan fingerprint density at radius 1 is 0.857 bits per heavy atom. The highest BCUT2D eigenvalue weighted by molar-refractivity contribution is 6.42. The van der Waals surface area contributed by atoms with Gasteiger partial charge in [-0.1, -0.05) is 71.2 Å². The number of amides is 2. The zero-order valence-electron chi connectivity index (χ0n) is 22.3. The molecule has 0 unspecified atom stereocenters. The number of hydrogen-bond donors (Lipinski definition) is 2. The largest absolute Gasteiger partial charge is 0.455 e. The number of rotatable bonds is 11. The monoisotopic (exact) mass is 649 g/mol. The summed E-state index contributed by atoms with van der Waals surface area (Å²) >= 11 is 18.6. The molecule has 4 rings (SSSR count). The Kier molecular flexibility index (Phi) is 12.5. The second kappa shape index (κ2) is 15.8. The first-order valence-electron chi connectivity index (χ1n) is 12.7. The molecular formula is C31H28Cl4FN3O3. The number of halogens is 5. The van der Waals surface area contributed by atoms with Crippen molar-refractivity contribution < 1.29 is 18.7 Å². The minimum atomic E-state index is -0.413. The topological polar surface area (TPSA) is 84.7 Å². The van der Waals surface area contributed by atoms with Crippen LogP contribution >= 0.6 is 47.2 Å². The Balaban J connectivity index is 0.00000484.